The molecule has 2 rings (SSSR count). The maximum absolute atomic E-state index is 11.7. The minimum Gasteiger partial charge on any atom is -0.422 e. The first kappa shape index (κ1) is 15.1. The van der Waals surface area contributed by atoms with Crippen LogP contribution in [0.5, 0.6) is 5.75 Å². The normalized spacial score (nSPS) is 10.8. The fourth-order valence-corrected chi connectivity index (χ4v) is 2.15. The number of ether oxygens (including phenoxy) is 1. The molecular formula is C15H9BrCl2O2. The van der Waals surface area contributed by atoms with Crippen LogP contribution < -0.4 is 4.74 Å². The van der Waals surface area contributed by atoms with Crippen molar-refractivity contribution in [1.29, 1.82) is 0 Å². The van der Waals surface area contributed by atoms with Gasteiger partial charge in [0.2, 0.25) is 0 Å². The molecule has 0 saturated heterocycles. The molecule has 102 valence electrons. The highest BCUT2D eigenvalue weighted by atomic mass is 79.9. The van der Waals surface area contributed by atoms with E-state index in [1.165, 1.54) is 12.1 Å². The van der Waals surface area contributed by atoms with Gasteiger partial charge < -0.3 is 4.74 Å². The van der Waals surface area contributed by atoms with Crippen molar-refractivity contribution in [3.05, 3.63) is 68.6 Å². The summed E-state index contributed by atoms with van der Waals surface area (Å²) in [6, 6.07) is 12.2. The third-order valence-corrected chi connectivity index (χ3v) is 3.45. The molecule has 0 radical (unpaired) electrons. The lowest BCUT2D eigenvalue weighted by atomic mass is 10.2. The number of halogens is 3. The highest BCUT2D eigenvalue weighted by molar-refractivity contribution is 9.10. The molecule has 0 bridgehead atoms. The number of rotatable bonds is 3. The summed E-state index contributed by atoms with van der Waals surface area (Å²) in [7, 11) is 0. The van der Waals surface area contributed by atoms with Crippen LogP contribution in [0, 0.1) is 0 Å². The van der Waals surface area contributed by atoms with Crippen molar-refractivity contribution in [3.8, 4) is 5.75 Å². The Kier molecular flexibility index (Phi) is 5.24. The van der Waals surface area contributed by atoms with Gasteiger partial charge in [-0.25, -0.2) is 4.79 Å². The third kappa shape index (κ3) is 4.37. The average Bonchev–Trinajstić information content (AvgIpc) is 2.41. The maximum Gasteiger partial charge on any atom is 0.336 e. The van der Waals surface area contributed by atoms with E-state index in [2.05, 4.69) is 15.9 Å². The van der Waals surface area contributed by atoms with E-state index in [0.29, 0.717) is 10.0 Å². The first-order chi connectivity index (χ1) is 9.54. The molecule has 0 aromatic heterocycles. The zero-order valence-corrected chi connectivity index (χ0v) is 13.2. The number of hydrogen-bond donors (Lipinski definition) is 0. The molecule has 5 heteroatoms. The fraction of sp³-hybridized carbons (Fsp3) is 0. The Morgan fingerprint density at radius 3 is 2.45 bits per heavy atom. The van der Waals surface area contributed by atoms with Crippen molar-refractivity contribution in [1.82, 2.24) is 0 Å². The van der Waals surface area contributed by atoms with E-state index >= 15 is 0 Å². The highest BCUT2D eigenvalue weighted by Gasteiger charge is 2.06. The van der Waals surface area contributed by atoms with Crippen molar-refractivity contribution >= 4 is 51.2 Å². The molecule has 0 heterocycles. The Bertz CT molecular complexity index is 651. The number of carbonyl (C=O) groups excluding carboxylic acids is 1. The predicted octanol–water partition coefficient (Wildman–Crippen LogP) is 5.37. The van der Waals surface area contributed by atoms with E-state index in [1.807, 2.05) is 24.3 Å². The Morgan fingerprint density at radius 1 is 1.10 bits per heavy atom. The molecule has 0 N–H and O–H groups in total. The Morgan fingerprint density at radius 2 is 1.80 bits per heavy atom. The van der Waals surface area contributed by atoms with Crippen molar-refractivity contribution in [2.24, 2.45) is 0 Å². The Balaban J connectivity index is 2.03. The molecule has 0 fully saturated rings. The largest absolute Gasteiger partial charge is 0.422 e. The van der Waals surface area contributed by atoms with Crippen LogP contribution in [0.25, 0.3) is 6.08 Å². The van der Waals surface area contributed by atoms with Crippen LogP contribution >= 0.6 is 39.1 Å². The SMILES string of the molecule is O=C(/C=C\c1ccc(Br)cc1)Oc1ccc(Cl)cc1Cl. The number of esters is 1. The van der Waals surface area contributed by atoms with Crippen molar-refractivity contribution in [2.45, 2.75) is 0 Å². The zero-order valence-electron chi connectivity index (χ0n) is 10.1. The Labute approximate surface area is 135 Å². The van der Waals surface area contributed by atoms with Gasteiger partial charge in [-0.2, -0.15) is 0 Å². The molecule has 2 aromatic carbocycles. The first-order valence-electron chi connectivity index (χ1n) is 5.65. The predicted molar refractivity (Wildman–Crippen MR) is 85.3 cm³/mol. The molecule has 0 aliphatic rings. The lowest BCUT2D eigenvalue weighted by Gasteiger charge is -2.03. The van der Waals surface area contributed by atoms with Crippen LogP contribution in [0.15, 0.2) is 53.0 Å². The lowest BCUT2D eigenvalue weighted by molar-refractivity contribution is -0.128. The van der Waals surface area contributed by atoms with Gasteiger partial charge in [0.1, 0.15) is 5.75 Å². The van der Waals surface area contributed by atoms with E-state index in [9.17, 15) is 4.79 Å². The fourth-order valence-electron chi connectivity index (χ4n) is 1.44. The monoisotopic (exact) mass is 370 g/mol. The molecule has 0 saturated carbocycles. The van der Waals surface area contributed by atoms with E-state index in [-0.39, 0.29) is 5.75 Å². The standard InChI is InChI=1S/C15H9BrCl2O2/c16-11-4-1-10(2-5-11)3-8-15(19)20-14-7-6-12(17)9-13(14)18/h1-9H/b8-3-. The molecule has 0 amide bonds. The van der Waals surface area contributed by atoms with Crippen LogP contribution in [-0.4, -0.2) is 5.97 Å². The van der Waals surface area contributed by atoms with Gasteiger partial charge in [-0.1, -0.05) is 51.3 Å². The second-order valence-electron chi connectivity index (χ2n) is 3.88. The van der Waals surface area contributed by atoms with Crippen molar-refractivity contribution < 1.29 is 9.53 Å². The molecule has 0 atom stereocenters. The van der Waals surface area contributed by atoms with Crippen LogP contribution in [0.4, 0.5) is 0 Å². The van der Waals surface area contributed by atoms with Gasteiger partial charge in [0, 0.05) is 15.6 Å². The lowest BCUT2D eigenvalue weighted by Crippen LogP contribution is -2.03. The van der Waals surface area contributed by atoms with Crippen LogP contribution in [0.2, 0.25) is 10.0 Å². The van der Waals surface area contributed by atoms with Crippen LogP contribution in [0.3, 0.4) is 0 Å². The van der Waals surface area contributed by atoms with E-state index < -0.39 is 5.97 Å². The minimum atomic E-state index is -0.503. The molecule has 0 aliphatic heterocycles. The summed E-state index contributed by atoms with van der Waals surface area (Å²) >= 11 is 15.0. The van der Waals surface area contributed by atoms with Gasteiger partial charge in [-0.3, -0.25) is 0 Å². The van der Waals surface area contributed by atoms with Gasteiger partial charge in [-0.15, -0.1) is 0 Å². The first-order valence-corrected chi connectivity index (χ1v) is 7.20. The summed E-state index contributed by atoms with van der Waals surface area (Å²) in [5.41, 5.74) is 0.896. The molecule has 2 nitrogen and oxygen atoms in total. The van der Waals surface area contributed by atoms with Gasteiger partial charge in [-0.05, 0) is 42.0 Å². The number of benzene rings is 2. The van der Waals surface area contributed by atoms with Gasteiger partial charge in [0.05, 0.1) is 5.02 Å². The number of hydrogen-bond acceptors (Lipinski definition) is 2. The van der Waals surface area contributed by atoms with E-state index in [4.69, 9.17) is 27.9 Å². The Hall–Kier alpha value is -1.29. The summed E-state index contributed by atoms with van der Waals surface area (Å²) in [6.45, 7) is 0. The third-order valence-electron chi connectivity index (χ3n) is 2.39. The zero-order chi connectivity index (χ0) is 14.5. The number of carbonyl (C=O) groups is 1. The van der Waals surface area contributed by atoms with Crippen molar-refractivity contribution in [3.63, 3.8) is 0 Å². The van der Waals surface area contributed by atoms with Crippen LogP contribution in [0.1, 0.15) is 5.56 Å². The van der Waals surface area contributed by atoms with Gasteiger partial charge in [0.15, 0.2) is 0 Å². The maximum atomic E-state index is 11.7. The topological polar surface area (TPSA) is 26.3 Å². The quantitative estimate of drug-likeness (QED) is 0.411. The molecule has 0 spiro atoms. The second kappa shape index (κ2) is 6.93. The second-order valence-corrected chi connectivity index (χ2v) is 5.64. The average molecular weight is 372 g/mol. The molecular weight excluding hydrogens is 363 g/mol. The van der Waals surface area contributed by atoms with Crippen LogP contribution in [-0.2, 0) is 4.79 Å². The summed E-state index contributed by atoms with van der Waals surface area (Å²) in [6.07, 6.45) is 3.01. The summed E-state index contributed by atoms with van der Waals surface area (Å²) in [5, 5.41) is 0.781. The van der Waals surface area contributed by atoms with Crippen molar-refractivity contribution in [2.75, 3.05) is 0 Å². The van der Waals surface area contributed by atoms with E-state index in [0.717, 1.165) is 10.0 Å². The summed E-state index contributed by atoms with van der Waals surface area (Å²) in [4.78, 5) is 11.7. The summed E-state index contributed by atoms with van der Waals surface area (Å²) in [5.74, 6) is -0.223. The smallest absolute Gasteiger partial charge is 0.336 e. The minimum absolute atomic E-state index is 0.279. The van der Waals surface area contributed by atoms with Gasteiger partial charge >= 0.3 is 5.97 Å². The molecule has 0 aliphatic carbocycles. The molecule has 2 aromatic rings. The molecule has 0 unspecified atom stereocenters. The van der Waals surface area contributed by atoms with E-state index in [1.54, 1.807) is 18.2 Å². The summed E-state index contributed by atoms with van der Waals surface area (Å²) < 4.78 is 6.10. The molecule has 20 heavy (non-hydrogen) atoms. The highest BCUT2D eigenvalue weighted by Crippen LogP contribution is 2.27. The van der Waals surface area contributed by atoms with Gasteiger partial charge in [0.25, 0.3) is 0 Å².